The third-order valence-electron chi connectivity index (χ3n) is 4.21. The molecule has 0 saturated carbocycles. The molecule has 1 saturated heterocycles. The van der Waals surface area contributed by atoms with Gasteiger partial charge in [-0.2, -0.15) is 0 Å². The number of nitrogens with zero attached hydrogens (tertiary/aromatic N) is 3. The number of benzene rings is 1. The number of ether oxygens (including phenoxy) is 1. The molecule has 1 fully saturated rings. The molecule has 1 aromatic heterocycles. The Hall–Kier alpha value is -2.31. The first kappa shape index (κ1) is 16.5. The Kier molecular flexibility index (Phi) is 5.51. The van der Waals surface area contributed by atoms with Crippen LogP contribution in [0, 0.1) is 0 Å². The van der Waals surface area contributed by atoms with Gasteiger partial charge in [0.1, 0.15) is 6.10 Å². The van der Waals surface area contributed by atoms with Gasteiger partial charge in [-0.3, -0.25) is 14.8 Å². The molecule has 0 radical (unpaired) electrons. The molecule has 6 heteroatoms. The van der Waals surface area contributed by atoms with Gasteiger partial charge in [-0.25, -0.2) is 0 Å². The maximum atomic E-state index is 12.8. The van der Waals surface area contributed by atoms with Crippen LogP contribution in [0.25, 0.3) is 0 Å². The summed E-state index contributed by atoms with van der Waals surface area (Å²) in [4.78, 5) is 22.8. The minimum Gasteiger partial charge on any atom is -0.394 e. The smallest absolute Gasteiger partial charge is 0.223 e. The number of hydrogen-bond donors (Lipinski definition) is 1. The van der Waals surface area contributed by atoms with Gasteiger partial charge in [-0.05, 0) is 12.0 Å². The van der Waals surface area contributed by atoms with Gasteiger partial charge in [0.2, 0.25) is 5.91 Å². The zero-order valence-corrected chi connectivity index (χ0v) is 13.4. The predicted octanol–water partition coefficient (Wildman–Crippen LogP) is 1.37. The van der Waals surface area contributed by atoms with E-state index < -0.39 is 6.10 Å². The SMILES string of the molecule is O=C(CCc1cnccn1)N1CCO[C@@H](CO)[C@@H]1c1ccccc1. The molecule has 3 rings (SSSR count). The van der Waals surface area contributed by atoms with Crippen LogP contribution in [0.15, 0.2) is 48.9 Å². The van der Waals surface area contributed by atoms with Crippen LogP contribution in [0.3, 0.4) is 0 Å². The van der Waals surface area contributed by atoms with E-state index in [9.17, 15) is 9.90 Å². The first-order chi connectivity index (χ1) is 11.8. The summed E-state index contributed by atoms with van der Waals surface area (Å²) in [6.45, 7) is 0.842. The van der Waals surface area contributed by atoms with Crippen LogP contribution >= 0.6 is 0 Å². The van der Waals surface area contributed by atoms with Gasteiger partial charge in [0, 0.05) is 31.6 Å². The van der Waals surface area contributed by atoms with E-state index in [1.54, 1.807) is 18.6 Å². The topological polar surface area (TPSA) is 75.6 Å². The third-order valence-corrected chi connectivity index (χ3v) is 4.21. The Morgan fingerprint density at radius 3 is 2.83 bits per heavy atom. The fourth-order valence-electron chi connectivity index (χ4n) is 3.05. The van der Waals surface area contributed by atoms with E-state index >= 15 is 0 Å². The minimum absolute atomic E-state index is 0.0382. The molecule has 126 valence electrons. The second kappa shape index (κ2) is 7.99. The molecule has 1 amide bonds. The Morgan fingerprint density at radius 1 is 1.29 bits per heavy atom. The lowest BCUT2D eigenvalue weighted by Crippen LogP contribution is -2.49. The fraction of sp³-hybridized carbons (Fsp3) is 0.389. The van der Waals surface area contributed by atoms with Crippen molar-refractivity contribution >= 4 is 5.91 Å². The quantitative estimate of drug-likeness (QED) is 0.898. The van der Waals surface area contributed by atoms with Gasteiger partial charge in [-0.1, -0.05) is 30.3 Å². The summed E-state index contributed by atoms with van der Waals surface area (Å²) in [5.74, 6) is 0.0382. The highest BCUT2D eigenvalue weighted by atomic mass is 16.5. The molecule has 1 aromatic carbocycles. The van der Waals surface area contributed by atoms with Gasteiger partial charge >= 0.3 is 0 Å². The molecule has 0 unspecified atom stereocenters. The average Bonchev–Trinajstić information content (AvgIpc) is 2.67. The van der Waals surface area contributed by atoms with E-state index in [-0.39, 0.29) is 18.6 Å². The van der Waals surface area contributed by atoms with E-state index in [0.717, 1.165) is 11.3 Å². The predicted molar refractivity (Wildman–Crippen MR) is 88.1 cm³/mol. The Bertz CT molecular complexity index is 651. The van der Waals surface area contributed by atoms with Gasteiger partial charge in [0.25, 0.3) is 0 Å². The van der Waals surface area contributed by atoms with Crippen molar-refractivity contribution in [1.29, 1.82) is 0 Å². The number of carbonyl (C=O) groups excluding carboxylic acids is 1. The molecule has 0 bridgehead atoms. The highest BCUT2D eigenvalue weighted by Crippen LogP contribution is 2.30. The summed E-state index contributed by atoms with van der Waals surface area (Å²) in [5.41, 5.74) is 1.78. The van der Waals surface area contributed by atoms with E-state index in [1.807, 2.05) is 35.2 Å². The van der Waals surface area contributed by atoms with E-state index in [2.05, 4.69) is 9.97 Å². The second-order valence-electron chi connectivity index (χ2n) is 5.73. The molecular weight excluding hydrogens is 306 g/mol. The van der Waals surface area contributed by atoms with Crippen molar-refractivity contribution in [3.05, 3.63) is 60.2 Å². The maximum absolute atomic E-state index is 12.8. The maximum Gasteiger partial charge on any atom is 0.223 e. The number of morpholine rings is 1. The summed E-state index contributed by atoms with van der Waals surface area (Å²) in [6, 6.07) is 9.46. The van der Waals surface area contributed by atoms with Crippen LogP contribution in [-0.2, 0) is 16.0 Å². The molecule has 6 nitrogen and oxygen atoms in total. The van der Waals surface area contributed by atoms with Crippen molar-refractivity contribution in [3.63, 3.8) is 0 Å². The lowest BCUT2D eigenvalue weighted by atomic mass is 9.97. The van der Waals surface area contributed by atoms with Crippen molar-refractivity contribution < 1.29 is 14.6 Å². The molecule has 2 aromatic rings. The molecule has 1 N–H and O–H groups in total. The minimum atomic E-state index is -0.401. The van der Waals surface area contributed by atoms with Gasteiger partial charge in [0.15, 0.2) is 0 Å². The summed E-state index contributed by atoms with van der Waals surface area (Å²) in [5, 5.41) is 9.65. The second-order valence-corrected chi connectivity index (χ2v) is 5.73. The number of amides is 1. The van der Waals surface area contributed by atoms with Gasteiger partial charge < -0.3 is 14.7 Å². The van der Waals surface area contributed by atoms with Crippen molar-refractivity contribution in [2.75, 3.05) is 19.8 Å². The van der Waals surface area contributed by atoms with Crippen molar-refractivity contribution in [2.24, 2.45) is 0 Å². The number of aromatic nitrogens is 2. The Balaban J connectivity index is 1.74. The summed E-state index contributed by atoms with van der Waals surface area (Å²) in [6.07, 6.45) is 5.43. The molecule has 0 aliphatic carbocycles. The molecule has 2 heterocycles. The summed E-state index contributed by atoms with van der Waals surface area (Å²) >= 11 is 0. The normalized spacial score (nSPS) is 20.8. The molecule has 24 heavy (non-hydrogen) atoms. The highest BCUT2D eigenvalue weighted by molar-refractivity contribution is 5.77. The molecular formula is C18H21N3O3. The average molecular weight is 327 g/mol. The molecule has 1 aliphatic rings. The monoisotopic (exact) mass is 327 g/mol. The number of aryl methyl sites for hydroxylation is 1. The summed E-state index contributed by atoms with van der Waals surface area (Å²) < 4.78 is 5.67. The number of carbonyl (C=O) groups is 1. The number of aliphatic hydroxyl groups excluding tert-OH is 1. The lowest BCUT2D eigenvalue weighted by molar-refractivity contribution is -0.149. The van der Waals surface area contributed by atoms with E-state index in [0.29, 0.717) is 26.0 Å². The number of hydrogen-bond acceptors (Lipinski definition) is 5. The third kappa shape index (κ3) is 3.77. The van der Waals surface area contributed by atoms with Crippen molar-refractivity contribution in [3.8, 4) is 0 Å². The molecule has 1 aliphatic heterocycles. The number of rotatable bonds is 5. The fourth-order valence-corrected chi connectivity index (χ4v) is 3.05. The van der Waals surface area contributed by atoms with Gasteiger partial charge in [0.05, 0.1) is 24.9 Å². The van der Waals surface area contributed by atoms with Crippen LogP contribution in [-0.4, -0.2) is 51.7 Å². The van der Waals surface area contributed by atoms with Crippen LogP contribution in [0.1, 0.15) is 23.7 Å². The number of aliphatic hydroxyl groups is 1. The summed E-state index contributed by atoms with van der Waals surface area (Å²) in [7, 11) is 0. The van der Waals surface area contributed by atoms with Crippen molar-refractivity contribution in [2.45, 2.75) is 25.0 Å². The van der Waals surface area contributed by atoms with Crippen molar-refractivity contribution in [1.82, 2.24) is 14.9 Å². The van der Waals surface area contributed by atoms with Crippen LogP contribution in [0.5, 0.6) is 0 Å². The van der Waals surface area contributed by atoms with E-state index in [1.165, 1.54) is 0 Å². The standard InChI is InChI=1S/C18H21N3O3/c22-13-16-18(14-4-2-1-3-5-14)21(10-11-24-16)17(23)7-6-15-12-19-8-9-20-15/h1-5,8-9,12,16,18,22H,6-7,10-11,13H2/t16-,18-/m0/s1. The molecule has 2 atom stereocenters. The largest absolute Gasteiger partial charge is 0.394 e. The zero-order chi connectivity index (χ0) is 16.8. The lowest BCUT2D eigenvalue weighted by Gasteiger charge is -2.41. The Labute approximate surface area is 141 Å². The van der Waals surface area contributed by atoms with Crippen LogP contribution in [0.2, 0.25) is 0 Å². The zero-order valence-electron chi connectivity index (χ0n) is 13.4. The van der Waals surface area contributed by atoms with E-state index in [4.69, 9.17) is 4.74 Å². The Morgan fingerprint density at radius 2 is 2.12 bits per heavy atom. The van der Waals surface area contributed by atoms with Crippen LogP contribution in [0.4, 0.5) is 0 Å². The first-order valence-electron chi connectivity index (χ1n) is 8.11. The highest BCUT2D eigenvalue weighted by Gasteiger charge is 2.35. The first-order valence-corrected chi connectivity index (χ1v) is 8.11. The van der Waals surface area contributed by atoms with Gasteiger partial charge in [-0.15, -0.1) is 0 Å². The van der Waals surface area contributed by atoms with Crippen LogP contribution < -0.4 is 0 Å². The molecule has 0 spiro atoms.